The number of halogens is 3. The Morgan fingerprint density at radius 1 is 1.28 bits per heavy atom. The number of hydrogen-bond acceptors (Lipinski definition) is 4. The molecule has 0 bridgehead atoms. The number of nitrogens with one attached hydrogen (secondary N) is 2. The molecule has 3 rings (SSSR count). The summed E-state index contributed by atoms with van der Waals surface area (Å²) in [6.07, 6.45) is 5.54. The summed E-state index contributed by atoms with van der Waals surface area (Å²) in [6, 6.07) is 8.88. The smallest absolute Gasteiger partial charge is 0.251 e. The number of carbonyl (C=O) groups is 1. The maximum atomic E-state index is 12.2. The van der Waals surface area contributed by atoms with E-state index in [9.17, 15) is 4.79 Å². The second-order valence-electron chi connectivity index (χ2n) is 5.43. The van der Waals surface area contributed by atoms with Crippen molar-refractivity contribution < 1.29 is 9.53 Å². The van der Waals surface area contributed by atoms with Crippen LogP contribution in [0.3, 0.4) is 0 Å². The van der Waals surface area contributed by atoms with Gasteiger partial charge in [-0.05, 0) is 49.7 Å². The lowest BCUT2D eigenvalue weighted by molar-refractivity contribution is 0.0950. The molecule has 25 heavy (non-hydrogen) atoms. The molecule has 1 fully saturated rings. The minimum Gasteiger partial charge on any atom is -0.456 e. The van der Waals surface area contributed by atoms with Gasteiger partial charge in [0.05, 0.1) is 5.02 Å². The third-order valence-corrected chi connectivity index (χ3v) is 4.04. The zero-order chi connectivity index (χ0) is 16.1. The molecule has 0 aliphatic carbocycles. The predicted molar refractivity (Wildman–Crippen MR) is 104 cm³/mol. The summed E-state index contributed by atoms with van der Waals surface area (Å²) in [5.41, 5.74) is 0.523. The van der Waals surface area contributed by atoms with Crippen molar-refractivity contribution in [2.75, 3.05) is 13.1 Å². The normalized spacial score (nSPS) is 15.6. The van der Waals surface area contributed by atoms with Crippen LogP contribution in [0.2, 0.25) is 5.02 Å². The first-order valence-corrected chi connectivity index (χ1v) is 7.99. The Bertz CT molecular complexity index is 680. The first-order chi connectivity index (χ1) is 11.2. The molecular formula is C17H20Cl3N3O2. The van der Waals surface area contributed by atoms with Crippen LogP contribution in [0.5, 0.6) is 11.5 Å². The summed E-state index contributed by atoms with van der Waals surface area (Å²) < 4.78 is 5.67. The van der Waals surface area contributed by atoms with Gasteiger partial charge in [0, 0.05) is 30.5 Å². The van der Waals surface area contributed by atoms with E-state index in [1.807, 2.05) is 0 Å². The van der Waals surface area contributed by atoms with Crippen molar-refractivity contribution in [2.45, 2.75) is 18.9 Å². The molecule has 1 saturated heterocycles. The van der Waals surface area contributed by atoms with Gasteiger partial charge in [-0.1, -0.05) is 11.6 Å². The summed E-state index contributed by atoms with van der Waals surface area (Å²) in [4.78, 5) is 16.1. The van der Waals surface area contributed by atoms with Gasteiger partial charge in [-0.2, -0.15) is 0 Å². The number of carbonyl (C=O) groups excluding carboxylic acids is 1. The predicted octanol–water partition coefficient (Wildman–Crippen LogP) is 3.85. The number of nitrogens with zero attached hydrogens (tertiary/aromatic N) is 1. The Morgan fingerprint density at radius 2 is 2.04 bits per heavy atom. The number of hydrogen-bond donors (Lipinski definition) is 2. The van der Waals surface area contributed by atoms with Crippen molar-refractivity contribution in [1.29, 1.82) is 0 Å². The molecule has 1 aliphatic rings. The summed E-state index contributed by atoms with van der Waals surface area (Å²) in [6.45, 7) is 1.65. The number of benzene rings is 1. The minimum absolute atomic E-state index is 0. The van der Waals surface area contributed by atoms with Crippen LogP contribution in [-0.4, -0.2) is 30.0 Å². The van der Waals surface area contributed by atoms with Crippen molar-refractivity contribution >= 4 is 42.3 Å². The quantitative estimate of drug-likeness (QED) is 0.794. The first-order valence-electron chi connectivity index (χ1n) is 7.61. The summed E-state index contributed by atoms with van der Waals surface area (Å²) in [5, 5.41) is 6.67. The van der Waals surface area contributed by atoms with Crippen molar-refractivity contribution in [1.82, 2.24) is 15.6 Å². The third-order valence-electron chi connectivity index (χ3n) is 3.74. The topological polar surface area (TPSA) is 63.2 Å². The second-order valence-corrected chi connectivity index (χ2v) is 5.84. The van der Waals surface area contributed by atoms with Gasteiger partial charge in [-0.15, -0.1) is 24.8 Å². The van der Waals surface area contributed by atoms with Crippen LogP contribution in [-0.2, 0) is 0 Å². The van der Waals surface area contributed by atoms with Gasteiger partial charge in [0.25, 0.3) is 5.91 Å². The van der Waals surface area contributed by atoms with Crippen LogP contribution in [0.25, 0.3) is 0 Å². The van der Waals surface area contributed by atoms with Gasteiger partial charge in [-0.25, -0.2) is 0 Å². The molecule has 2 N–H and O–H groups in total. The number of ether oxygens (including phenoxy) is 1. The van der Waals surface area contributed by atoms with Gasteiger partial charge >= 0.3 is 0 Å². The van der Waals surface area contributed by atoms with Crippen LogP contribution >= 0.6 is 36.4 Å². The molecular weight excluding hydrogens is 385 g/mol. The lowest BCUT2D eigenvalue weighted by atomic mass is 10.2. The second kappa shape index (κ2) is 10.5. The van der Waals surface area contributed by atoms with Crippen LogP contribution in [0.1, 0.15) is 23.2 Å². The SMILES string of the molecule is Cl.Cl.O=C(NCC1CCCN1)c1ccc(Oc2ccncc2)c(Cl)c1. The molecule has 2 aromatic rings. The number of aromatic nitrogens is 1. The highest BCUT2D eigenvalue weighted by Gasteiger charge is 2.16. The fraction of sp³-hybridized carbons (Fsp3) is 0.294. The molecule has 136 valence electrons. The number of amides is 1. The van der Waals surface area contributed by atoms with E-state index in [1.54, 1.807) is 42.7 Å². The Balaban J connectivity index is 0.00000156. The Labute approximate surface area is 164 Å². The third kappa shape index (κ3) is 6.04. The number of rotatable bonds is 5. The van der Waals surface area contributed by atoms with Gasteiger partial charge in [-0.3, -0.25) is 9.78 Å². The van der Waals surface area contributed by atoms with E-state index in [0.717, 1.165) is 19.4 Å². The van der Waals surface area contributed by atoms with Crippen LogP contribution in [0.15, 0.2) is 42.7 Å². The largest absolute Gasteiger partial charge is 0.456 e. The van der Waals surface area contributed by atoms with E-state index in [1.165, 1.54) is 0 Å². The molecule has 1 amide bonds. The molecule has 0 spiro atoms. The highest BCUT2D eigenvalue weighted by Crippen LogP contribution is 2.29. The molecule has 0 radical (unpaired) electrons. The average Bonchev–Trinajstić information content (AvgIpc) is 3.09. The zero-order valence-corrected chi connectivity index (χ0v) is 15.8. The standard InChI is InChI=1S/C17H18ClN3O2.2ClH/c18-15-10-12(17(22)21-11-13-2-1-7-20-13)3-4-16(15)23-14-5-8-19-9-6-14;;/h3-6,8-10,13,20H,1-2,7,11H2,(H,21,22);2*1H. The monoisotopic (exact) mass is 403 g/mol. The fourth-order valence-electron chi connectivity index (χ4n) is 2.51. The average molecular weight is 405 g/mol. The first kappa shape index (κ1) is 21.5. The van der Waals surface area contributed by atoms with Gasteiger partial charge in [0.15, 0.2) is 0 Å². The summed E-state index contributed by atoms with van der Waals surface area (Å²) >= 11 is 6.22. The van der Waals surface area contributed by atoms with Crippen molar-refractivity contribution in [2.24, 2.45) is 0 Å². The van der Waals surface area contributed by atoms with Crippen molar-refractivity contribution in [3.05, 3.63) is 53.3 Å². The van der Waals surface area contributed by atoms with Crippen molar-refractivity contribution in [3.63, 3.8) is 0 Å². The Hall–Kier alpha value is -1.53. The maximum absolute atomic E-state index is 12.2. The molecule has 0 saturated carbocycles. The van der Waals surface area contributed by atoms with E-state index in [-0.39, 0.29) is 30.7 Å². The highest BCUT2D eigenvalue weighted by molar-refractivity contribution is 6.32. The van der Waals surface area contributed by atoms with Crippen LogP contribution in [0, 0.1) is 0 Å². The minimum atomic E-state index is -0.129. The molecule has 1 unspecified atom stereocenters. The van der Waals surface area contributed by atoms with E-state index in [4.69, 9.17) is 16.3 Å². The van der Waals surface area contributed by atoms with E-state index >= 15 is 0 Å². The summed E-state index contributed by atoms with van der Waals surface area (Å²) in [7, 11) is 0. The van der Waals surface area contributed by atoms with E-state index in [0.29, 0.717) is 34.7 Å². The lowest BCUT2D eigenvalue weighted by Gasteiger charge is -2.12. The molecule has 1 aromatic heterocycles. The van der Waals surface area contributed by atoms with Crippen LogP contribution < -0.4 is 15.4 Å². The van der Waals surface area contributed by atoms with Gasteiger partial charge in [0.2, 0.25) is 0 Å². The Morgan fingerprint density at radius 3 is 2.68 bits per heavy atom. The molecule has 5 nitrogen and oxygen atoms in total. The Kier molecular flexibility index (Phi) is 9.00. The van der Waals surface area contributed by atoms with Crippen LogP contribution in [0.4, 0.5) is 0 Å². The molecule has 8 heteroatoms. The molecule has 2 heterocycles. The van der Waals surface area contributed by atoms with Gasteiger partial charge in [0.1, 0.15) is 11.5 Å². The highest BCUT2D eigenvalue weighted by atomic mass is 35.5. The number of pyridine rings is 1. The van der Waals surface area contributed by atoms with Crippen molar-refractivity contribution in [3.8, 4) is 11.5 Å². The fourth-order valence-corrected chi connectivity index (χ4v) is 2.73. The molecule has 1 aliphatic heterocycles. The van der Waals surface area contributed by atoms with E-state index in [2.05, 4.69) is 15.6 Å². The van der Waals surface area contributed by atoms with Gasteiger partial charge < -0.3 is 15.4 Å². The maximum Gasteiger partial charge on any atom is 0.251 e. The van der Waals surface area contributed by atoms with E-state index < -0.39 is 0 Å². The lowest BCUT2D eigenvalue weighted by Crippen LogP contribution is -2.37. The summed E-state index contributed by atoms with van der Waals surface area (Å²) in [5.74, 6) is 1.02. The molecule has 1 aromatic carbocycles. The zero-order valence-electron chi connectivity index (χ0n) is 13.4. The molecule has 1 atom stereocenters.